The number of aromatic amines is 1. The third kappa shape index (κ3) is 6.62. The standard InChI is InChI=1S/C22H24ClF2N5O3/c1-3-8-30(9-10-31)20-18(19-11-14(2)28-29-19)12-15(13-26-20)21(32)27-16-4-6-17(7-5-16)33-22(23,24)25/h4-7,11-13,31H,3,8-10H2,1-2H3,(H,27,32)(H,28,29). The molecule has 0 saturated heterocycles. The van der Waals surface area contributed by atoms with Gasteiger partial charge in [0.25, 0.3) is 5.91 Å². The van der Waals surface area contributed by atoms with Crippen LogP contribution in [-0.2, 0) is 0 Å². The van der Waals surface area contributed by atoms with E-state index in [1.54, 1.807) is 6.07 Å². The lowest BCUT2D eigenvalue weighted by atomic mass is 10.1. The van der Waals surface area contributed by atoms with Crippen molar-refractivity contribution in [2.75, 3.05) is 29.9 Å². The first kappa shape index (κ1) is 24.4. The van der Waals surface area contributed by atoms with Crippen molar-refractivity contribution in [2.24, 2.45) is 0 Å². The second-order valence-corrected chi connectivity index (χ2v) is 7.70. The van der Waals surface area contributed by atoms with Gasteiger partial charge in [0.1, 0.15) is 11.6 Å². The fraction of sp³-hybridized carbons (Fsp3) is 0.318. The number of aryl methyl sites for hydroxylation is 1. The number of nitrogens with one attached hydrogen (secondary N) is 2. The Hall–Kier alpha value is -3.24. The summed E-state index contributed by atoms with van der Waals surface area (Å²) in [5, 5.41) is 19.3. The van der Waals surface area contributed by atoms with Crippen molar-refractivity contribution in [1.29, 1.82) is 0 Å². The molecule has 2 aromatic heterocycles. The van der Waals surface area contributed by atoms with Crippen LogP contribution < -0.4 is 15.0 Å². The van der Waals surface area contributed by atoms with Crippen molar-refractivity contribution < 1.29 is 23.4 Å². The van der Waals surface area contributed by atoms with Gasteiger partial charge in [-0.1, -0.05) is 6.92 Å². The van der Waals surface area contributed by atoms with Gasteiger partial charge < -0.3 is 20.1 Å². The lowest BCUT2D eigenvalue weighted by molar-refractivity contribution is -0.0964. The first-order chi connectivity index (χ1) is 15.7. The van der Waals surface area contributed by atoms with Crippen LogP contribution in [0.25, 0.3) is 11.3 Å². The Morgan fingerprint density at radius 3 is 2.58 bits per heavy atom. The van der Waals surface area contributed by atoms with E-state index in [4.69, 9.17) is 11.6 Å². The monoisotopic (exact) mass is 479 g/mol. The summed E-state index contributed by atoms with van der Waals surface area (Å²) in [5.74, 6) is 0.0394. The van der Waals surface area contributed by atoms with E-state index in [0.717, 1.165) is 12.1 Å². The smallest absolute Gasteiger partial charge is 0.420 e. The van der Waals surface area contributed by atoms with Crippen molar-refractivity contribution in [2.45, 2.75) is 25.8 Å². The molecule has 0 spiro atoms. The van der Waals surface area contributed by atoms with Gasteiger partial charge in [-0.2, -0.15) is 5.10 Å². The van der Waals surface area contributed by atoms with E-state index in [1.807, 2.05) is 24.8 Å². The molecule has 176 valence electrons. The Kier molecular flexibility index (Phi) is 7.83. The van der Waals surface area contributed by atoms with E-state index in [2.05, 4.69) is 25.2 Å². The number of benzene rings is 1. The molecule has 0 fully saturated rings. The van der Waals surface area contributed by atoms with Gasteiger partial charge >= 0.3 is 5.57 Å². The maximum atomic E-state index is 12.8. The normalized spacial score (nSPS) is 11.3. The minimum absolute atomic E-state index is 0.0410. The quantitative estimate of drug-likeness (QED) is 0.372. The van der Waals surface area contributed by atoms with Gasteiger partial charge in [-0.25, -0.2) is 4.98 Å². The maximum absolute atomic E-state index is 12.8. The third-order valence-electron chi connectivity index (χ3n) is 4.63. The number of aromatic nitrogens is 3. The third-order valence-corrected chi connectivity index (χ3v) is 4.71. The highest BCUT2D eigenvalue weighted by Crippen LogP contribution is 2.30. The van der Waals surface area contributed by atoms with Crippen LogP contribution in [0.5, 0.6) is 5.75 Å². The van der Waals surface area contributed by atoms with E-state index < -0.39 is 11.5 Å². The molecule has 0 saturated carbocycles. The van der Waals surface area contributed by atoms with E-state index in [9.17, 15) is 18.7 Å². The number of aliphatic hydroxyl groups excluding tert-OH is 1. The highest BCUT2D eigenvalue weighted by Gasteiger charge is 2.27. The summed E-state index contributed by atoms with van der Waals surface area (Å²) in [6, 6.07) is 8.90. The molecule has 1 amide bonds. The average Bonchev–Trinajstić information content (AvgIpc) is 3.20. The molecule has 3 aromatic rings. The van der Waals surface area contributed by atoms with E-state index in [-0.39, 0.29) is 17.9 Å². The highest BCUT2D eigenvalue weighted by atomic mass is 35.5. The number of hydrogen-bond acceptors (Lipinski definition) is 6. The van der Waals surface area contributed by atoms with Crippen LogP contribution in [0, 0.1) is 6.92 Å². The first-order valence-electron chi connectivity index (χ1n) is 10.3. The SMILES string of the molecule is CCCN(CCO)c1ncc(C(=O)Nc2ccc(OC(F)(F)Cl)cc2)cc1-c1cc(C)n[nH]1. The number of amides is 1. The second-order valence-electron chi connectivity index (χ2n) is 7.26. The largest absolute Gasteiger partial charge is 0.487 e. The number of nitrogens with zero attached hydrogens (tertiary/aromatic N) is 3. The minimum atomic E-state index is -3.82. The number of carbonyl (C=O) groups is 1. The van der Waals surface area contributed by atoms with E-state index >= 15 is 0 Å². The second kappa shape index (κ2) is 10.6. The van der Waals surface area contributed by atoms with Crippen LogP contribution in [-0.4, -0.2) is 51.5 Å². The van der Waals surface area contributed by atoms with Crippen molar-refractivity contribution >= 4 is 29.0 Å². The number of pyridine rings is 1. The van der Waals surface area contributed by atoms with Crippen molar-refractivity contribution in [3.8, 4) is 17.0 Å². The van der Waals surface area contributed by atoms with Crippen molar-refractivity contribution in [3.05, 3.63) is 53.9 Å². The number of anilines is 2. The zero-order valence-electron chi connectivity index (χ0n) is 18.1. The average molecular weight is 480 g/mol. The molecule has 11 heteroatoms. The van der Waals surface area contributed by atoms with Crippen LogP contribution in [0.4, 0.5) is 20.3 Å². The molecule has 0 aliphatic carbocycles. The molecule has 8 nitrogen and oxygen atoms in total. The van der Waals surface area contributed by atoms with Crippen LogP contribution in [0.3, 0.4) is 0 Å². The lowest BCUT2D eigenvalue weighted by Gasteiger charge is -2.24. The fourth-order valence-electron chi connectivity index (χ4n) is 3.25. The Balaban J connectivity index is 1.87. The summed E-state index contributed by atoms with van der Waals surface area (Å²) >= 11 is 4.76. The summed E-state index contributed by atoms with van der Waals surface area (Å²) in [6.07, 6.45) is 2.30. The number of alkyl halides is 3. The topological polar surface area (TPSA) is 103 Å². The first-order valence-corrected chi connectivity index (χ1v) is 10.6. The minimum Gasteiger partial charge on any atom is -0.420 e. The van der Waals surface area contributed by atoms with Gasteiger partial charge in [-0.15, -0.1) is 8.78 Å². The molecule has 3 rings (SSSR count). The molecule has 0 aliphatic heterocycles. The van der Waals surface area contributed by atoms with Crippen molar-refractivity contribution in [1.82, 2.24) is 15.2 Å². The Bertz CT molecular complexity index is 1080. The molecular formula is C22H24ClF2N5O3. The molecule has 0 atom stereocenters. The zero-order valence-corrected chi connectivity index (χ0v) is 18.9. The summed E-state index contributed by atoms with van der Waals surface area (Å²) in [4.78, 5) is 19.3. The van der Waals surface area contributed by atoms with Crippen LogP contribution in [0.2, 0.25) is 0 Å². The van der Waals surface area contributed by atoms with Crippen molar-refractivity contribution in [3.63, 3.8) is 0 Å². The fourth-order valence-corrected chi connectivity index (χ4v) is 3.34. The molecule has 0 aliphatic rings. The van der Waals surface area contributed by atoms with Gasteiger partial charge in [0.15, 0.2) is 0 Å². The molecule has 0 bridgehead atoms. The molecule has 3 N–H and O–H groups in total. The molecule has 1 aromatic carbocycles. The summed E-state index contributed by atoms with van der Waals surface area (Å²) < 4.78 is 29.8. The van der Waals surface area contributed by atoms with Gasteiger partial charge in [0, 0.05) is 42.1 Å². The number of halogens is 3. The maximum Gasteiger partial charge on any atom is 0.487 e. The van der Waals surface area contributed by atoms with E-state index in [1.165, 1.54) is 30.5 Å². The summed E-state index contributed by atoms with van der Waals surface area (Å²) in [5.41, 5.74) is -1.03. The number of ether oxygens (including phenoxy) is 1. The molecule has 0 unspecified atom stereocenters. The van der Waals surface area contributed by atoms with Gasteiger partial charge in [-0.05, 0) is 49.7 Å². The summed E-state index contributed by atoms with van der Waals surface area (Å²) in [6.45, 7) is 4.89. The van der Waals surface area contributed by atoms with Gasteiger partial charge in [-0.3, -0.25) is 9.89 Å². The molecular weight excluding hydrogens is 456 g/mol. The number of carbonyl (C=O) groups excluding carboxylic acids is 1. The van der Waals surface area contributed by atoms with Crippen LogP contribution >= 0.6 is 11.6 Å². The summed E-state index contributed by atoms with van der Waals surface area (Å²) in [7, 11) is 0. The Labute approximate surface area is 194 Å². The Morgan fingerprint density at radius 1 is 1.27 bits per heavy atom. The molecule has 0 radical (unpaired) electrons. The molecule has 2 heterocycles. The lowest BCUT2D eigenvalue weighted by Crippen LogP contribution is -2.29. The van der Waals surface area contributed by atoms with Gasteiger partial charge in [0.05, 0.1) is 23.6 Å². The van der Waals surface area contributed by atoms with Crippen LogP contribution in [0.15, 0.2) is 42.6 Å². The number of H-pyrrole nitrogens is 1. The Morgan fingerprint density at radius 2 is 2.00 bits per heavy atom. The number of aliphatic hydroxyl groups is 1. The molecule has 33 heavy (non-hydrogen) atoms. The van der Waals surface area contributed by atoms with Crippen LogP contribution in [0.1, 0.15) is 29.4 Å². The number of rotatable bonds is 10. The predicted molar refractivity (Wildman–Crippen MR) is 122 cm³/mol. The van der Waals surface area contributed by atoms with E-state index in [0.29, 0.717) is 35.9 Å². The number of hydrogen-bond donors (Lipinski definition) is 3. The zero-order chi connectivity index (χ0) is 24.0. The predicted octanol–water partition coefficient (Wildman–Crippen LogP) is 4.41. The van der Waals surface area contributed by atoms with Gasteiger partial charge in [0.2, 0.25) is 0 Å². The highest BCUT2D eigenvalue weighted by molar-refractivity contribution is 6.20.